The smallest absolute Gasteiger partial charge is 0.352 e. The van der Waals surface area contributed by atoms with Crippen molar-refractivity contribution in [3.63, 3.8) is 0 Å². The number of thioether (sulfide) groups is 2. The number of carbonyl (C=O) groups is 4. The first-order valence-corrected chi connectivity index (χ1v) is 13.3. The first-order chi connectivity index (χ1) is 18.5. The molecule has 0 bridgehead atoms. The molecule has 0 radical (unpaired) electrons. The maximum Gasteiger partial charge on any atom is 0.352 e. The monoisotopic (exact) mass is 599 g/mol. The normalized spacial score (nSPS) is 18.8. The zero-order chi connectivity index (χ0) is 28.4. The minimum Gasteiger partial charge on any atom is -0.479 e. The van der Waals surface area contributed by atoms with Crippen LogP contribution in [0.4, 0.5) is 5.13 Å². The number of nitrogen functional groups attached to an aromatic ring is 1. The van der Waals surface area contributed by atoms with Crippen LogP contribution in [0.15, 0.2) is 31.2 Å². The van der Waals surface area contributed by atoms with Crippen LogP contribution in [-0.4, -0.2) is 98.2 Å². The Morgan fingerprint density at radius 2 is 2.05 bits per heavy atom. The number of hydrogen-bond acceptors (Lipinski definition) is 15. The first-order valence-electron chi connectivity index (χ1n) is 10.5. The van der Waals surface area contributed by atoms with E-state index in [4.69, 9.17) is 10.8 Å². The van der Waals surface area contributed by atoms with Gasteiger partial charge in [0.15, 0.2) is 10.3 Å². The van der Waals surface area contributed by atoms with Crippen molar-refractivity contribution in [3.05, 3.63) is 37.8 Å². The molecular weight excluding hydrogens is 582 g/mol. The second-order valence-electron chi connectivity index (χ2n) is 7.67. The van der Waals surface area contributed by atoms with Gasteiger partial charge in [0.05, 0.1) is 0 Å². The highest BCUT2D eigenvalue weighted by atomic mass is 32.2. The van der Waals surface area contributed by atoms with E-state index in [9.17, 15) is 33.9 Å². The van der Waals surface area contributed by atoms with Crippen LogP contribution < -0.4 is 22.2 Å². The maximum atomic E-state index is 13.0. The molecule has 2 amide bonds. The largest absolute Gasteiger partial charge is 0.479 e. The van der Waals surface area contributed by atoms with Crippen molar-refractivity contribution in [3.8, 4) is 0 Å². The number of anilines is 1. The molecule has 1 saturated heterocycles. The van der Waals surface area contributed by atoms with Crippen LogP contribution in [0, 0.1) is 0 Å². The lowest BCUT2D eigenvalue weighted by Gasteiger charge is -2.49. The second-order valence-corrected chi connectivity index (χ2v) is 10.5. The number of aliphatic carboxylic acids is 2. The summed E-state index contributed by atoms with van der Waals surface area (Å²) in [6.07, 6.45) is 0. The third kappa shape index (κ3) is 5.63. The van der Waals surface area contributed by atoms with Gasteiger partial charge in [0.2, 0.25) is 18.1 Å². The Labute approximate surface area is 228 Å². The molecule has 39 heavy (non-hydrogen) atoms. The highest BCUT2D eigenvalue weighted by Crippen LogP contribution is 2.41. The summed E-state index contributed by atoms with van der Waals surface area (Å²) in [7, 11) is 1.34. The number of hydrogen-bond donors (Lipinski definition) is 5. The number of oxime groups is 1. The summed E-state index contributed by atoms with van der Waals surface area (Å²) in [5.74, 6) is -4.45. The Bertz CT molecular complexity index is 1550. The van der Waals surface area contributed by atoms with E-state index in [1.54, 1.807) is 0 Å². The van der Waals surface area contributed by atoms with Gasteiger partial charge in [-0.1, -0.05) is 16.9 Å². The average Bonchev–Trinajstić information content (AvgIpc) is 3.32. The molecule has 2 aromatic heterocycles. The molecular formula is C18H17N9O9S3. The predicted octanol–water partition coefficient (Wildman–Crippen LogP) is -2.76. The van der Waals surface area contributed by atoms with Gasteiger partial charge in [0.1, 0.15) is 17.1 Å². The van der Waals surface area contributed by atoms with Crippen molar-refractivity contribution in [2.24, 2.45) is 12.2 Å². The van der Waals surface area contributed by atoms with Crippen molar-refractivity contribution in [1.82, 2.24) is 34.3 Å². The third-order valence-electron chi connectivity index (χ3n) is 5.16. The van der Waals surface area contributed by atoms with Gasteiger partial charge in [-0.3, -0.25) is 28.6 Å². The fourth-order valence-electron chi connectivity index (χ4n) is 3.41. The number of rotatable bonds is 10. The molecule has 0 spiro atoms. The number of β-lactam (4-membered cyclic amide) rings is 1. The Morgan fingerprint density at radius 3 is 2.69 bits per heavy atom. The van der Waals surface area contributed by atoms with Gasteiger partial charge in [-0.25, -0.2) is 14.7 Å². The van der Waals surface area contributed by atoms with E-state index < -0.39 is 58.6 Å². The van der Waals surface area contributed by atoms with Crippen LogP contribution in [0.1, 0.15) is 5.82 Å². The van der Waals surface area contributed by atoms with Gasteiger partial charge in [0.25, 0.3) is 11.8 Å². The fourth-order valence-corrected chi connectivity index (χ4v) is 6.25. The van der Waals surface area contributed by atoms with Crippen LogP contribution in [-0.2, 0) is 31.1 Å². The highest BCUT2D eigenvalue weighted by molar-refractivity contribution is 8.01. The van der Waals surface area contributed by atoms with E-state index in [-0.39, 0.29) is 33.3 Å². The number of carboxylic acid groups (broad SMARTS) is 2. The standard InChI is InChI=1S/C18H17N9O9S3/c1-26-14(33)12(31)22-23-18(26)38-4-5-3-37-15-8(13(32)27(15)9(5)16(34)35)20-11(30)7(24-36-2-6(28)29)10-21-17(19)39-25-10/h8,15H,2-4H2,1H3,(H,20,30)(H,22,31)(H,28,29)(H,34,35)(H2,19,21,25)/b24-7+. The lowest BCUT2D eigenvalue weighted by atomic mass is 10.0. The highest BCUT2D eigenvalue weighted by Gasteiger charge is 2.54. The van der Waals surface area contributed by atoms with E-state index in [1.165, 1.54) is 18.8 Å². The minimum absolute atomic E-state index is 0.00349. The van der Waals surface area contributed by atoms with Gasteiger partial charge < -0.3 is 26.1 Å². The number of carbonyl (C=O) groups excluding carboxylic acids is 2. The lowest BCUT2D eigenvalue weighted by Crippen LogP contribution is -2.71. The number of aromatic amines is 1. The van der Waals surface area contributed by atoms with Gasteiger partial charge >= 0.3 is 23.1 Å². The van der Waals surface area contributed by atoms with Crippen LogP contribution in [0.25, 0.3) is 0 Å². The molecule has 18 nitrogen and oxygen atoms in total. The van der Waals surface area contributed by atoms with Gasteiger partial charge in [0, 0.05) is 30.1 Å². The Morgan fingerprint density at radius 1 is 1.31 bits per heavy atom. The van der Waals surface area contributed by atoms with Gasteiger partial charge in [-0.05, 0) is 5.57 Å². The van der Waals surface area contributed by atoms with Gasteiger partial charge in [-0.15, -0.1) is 16.9 Å². The van der Waals surface area contributed by atoms with Crippen molar-refractivity contribution < 1.29 is 34.2 Å². The van der Waals surface area contributed by atoms with Crippen LogP contribution >= 0.6 is 35.1 Å². The predicted molar refractivity (Wildman–Crippen MR) is 135 cm³/mol. The number of fused-ring (bicyclic) bond motifs is 1. The number of carboxylic acids is 2. The number of H-pyrrole nitrogens is 1. The van der Waals surface area contributed by atoms with Crippen molar-refractivity contribution >= 4 is 69.7 Å². The van der Waals surface area contributed by atoms with Crippen LogP contribution in [0.3, 0.4) is 0 Å². The molecule has 0 aliphatic carbocycles. The zero-order valence-electron chi connectivity index (χ0n) is 19.5. The lowest BCUT2D eigenvalue weighted by molar-refractivity contribution is -0.150. The number of amides is 2. The summed E-state index contributed by atoms with van der Waals surface area (Å²) < 4.78 is 4.87. The molecule has 2 aliphatic rings. The van der Waals surface area contributed by atoms with Crippen LogP contribution in [0.2, 0.25) is 0 Å². The Balaban J connectivity index is 1.51. The van der Waals surface area contributed by atoms with Crippen molar-refractivity contribution in [1.29, 1.82) is 0 Å². The molecule has 0 saturated carbocycles. The third-order valence-corrected chi connectivity index (χ3v) is 8.16. The summed E-state index contributed by atoms with van der Waals surface area (Å²) in [5, 5.41) is 29.7. The fraction of sp³-hybridized carbons (Fsp3) is 0.333. The van der Waals surface area contributed by atoms with E-state index in [0.717, 1.165) is 32.8 Å². The molecule has 0 aromatic carbocycles. The molecule has 2 aromatic rings. The molecule has 2 unspecified atom stereocenters. The molecule has 4 heterocycles. The second kappa shape index (κ2) is 11.2. The van der Waals surface area contributed by atoms with E-state index in [2.05, 4.69) is 34.9 Å². The quantitative estimate of drug-likeness (QED) is 0.0608. The van der Waals surface area contributed by atoms with E-state index >= 15 is 0 Å². The van der Waals surface area contributed by atoms with E-state index in [1.807, 2.05) is 0 Å². The Kier molecular flexibility index (Phi) is 8.01. The van der Waals surface area contributed by atoms with Gasteiger partial charge in [-0.2, -0.15) is 9.36 Å². The number of nitrogens with zero attached hydrogens (tertiary/aromatic N) is 6. The molecule has 4 rings (SSSR count). The summed E-state index contributed by atoms with van der Waals surface area (Å²) in [4.78, 5) is 81.4. The topological polar surface area (TPSA) is 265 Å². The average molecular weight is 600 g/mol. The summed E-state index contributed by atoms with van der Waals surface area (Å²) in [6, 6.07) is -1.15. The van der Waals surface area contributed by atoms with Crippen LogP contribution in [0.5, 0.6) is 0 Å². The number of nitrogens with two attached hydrogens (primary N) is 1. The molecule has 2 atom stereocenters. The number of aromatic nitrogens is 5. The molecule has 1 fully saturated rings. The summed E-state index contributed by atoms with van der Waals surface area (Å²) >= 11 is 2.93. The van der Waals surface area contributed by atoms with Crippen molar-refractivity contribution in [2.75, 3.05) is 23.8 Å². The molecule has 206 valence electrons. The molecule has 2 aliphatic heterocycles. The first kappa shape index (κ1) is 27.8. The Hall–Kier alpha value is -4.24. The maximum absolute atomic E-state index is 13.0. The summed E-state index contributed by atoms with van der Waals surface area (Å²) in [5.41, 5.74) is 3.37. The molecule has 21 heteroatoms. The minimum atomic E-state index is -1.37. The molecule has 6 N–H and O–H groups in total. The number of nitrogens with one attached hydrogen (secondary N) is 2. The zero-order valence-corrected chi connectivity index (χ0v) is 22.0. The van der Waals surface area contributed by atoms with Crippen molar-refractivity contribution in [2.45, 2.75) is 16.6 Å². The summed E-state index contributed by atoms with van der Waals surface area (Å²) in [6.45, 7) is -0.860. The SMILES string of the molecule is Cn1c(SCC2=C(C(=O)O)N3C(=O)C(NC(=O)/C(=N/OCC(=O)O)c4nsc(N)n4)C3SC2)n[nH]c(=O)c1=O. The van der Waals surface area contributed by atoms with E-state index in [0.29, 0.717) is 5.57 Å².